The molecule has 0 unspecified atom stereocenters. The van der Waals surface area contributed by atoms with Crippen molar-refractivity contribution in [3.63, 3.8) is 0 Å². The van der Waals surface area contributed by atoms with Crippen molar-refractivity contribution >= 4 is 5.78 Å². The topological polar surface area (TPSA) is 35.5 Å². The summed E-state index contributed by atoms with van der Waals surface area (Å²) in [6, 6.07) is 31.0. The molecule has 0 aliphatic rings. The number of aryl methyl sites for hydroxylation is 1. The zero-order chi connectivity index (χ0) is 21.6. The van der Waals surface area contributed by atoms with E-state index in [1.165, 1.54) is 16.7 Å². The van der Waals surface area contributed by atoms with E-state index in [2.05, 4.69) is 43.3 Å². The number of hydrogen-bond donors (Lipinski definition) is 0. The highest BCUT2D eigenvalue weighted by Crippen LogP contribution is 2.24. The Bertz CT molecular complexity index is 1140. The number of carbonyl (C=O) groups excluding carboxylic acids is 1. The van der Waals surface area contributed by atoms with Gasteiger partial charge in [-0.05, 0) is 85.1 Å². The summed E-state index contributed by atoms with van der Waals surface area (Å²) in [5.74, 6) is 2.15. The Morgan fingerprint density at radius 1 is 0.613 bits per heavy atom. The Morgan fingerprint density at radius 2 is 1.03 bits per heavy atom. The van der Waals surface area contributed by atoms with Gasteiger partial charge in [0.25, 0.3) is 0 Å². The van der Waals surface area contributed by atoms with Crippen LogP contribution in [0.2, 0.25) is 0 Å². The monoisotopic (exact) mass is 408 g/mol. The molecule has 0 heterocycles. The van der Waals surface area contributed by atoms with Gasteiger partial charge in [0.1, 0.15) is 17.2 Å². The fraction of sp³-hybridized carbons (Fsp3) is 0.107. The van der Waals surface area contributed by atoms with Crippen molar-refractivity contribution in [2.75, 3.05) is 7.11 Å². The van der Waals surface area contributed by atoms with Crippen LogP contribution in [0.15, 0.2) is 97.1 Å². The summed E-state index contributed by atoms with van der Waals surface area (Å²) >= 11 is 0. The Labute approximate surface area is 182 Å². The molecule has 31 heavy (non-hydrogen) atoms. The second kappa shape index (κ2) is 9.31. The first kappa shape index (κ1) is 20.4. The molecule has 0 aromatic heterocycles. The van der Waals surface area contributed by atoms with E-state index in [0.29, 0.717) is 16.9 Å². The van der Waals surface area contributed by atoms with E-state index >= 15 is 0 Å². The Kier molecular flexibility index (Phi) is 6.13. The van der Waals surface area contributed by atoms with Crippen molar-refractivity contribution in [2.45, 2.75) is 13.3 Å². The number of benzene rings is 4. The lowest BCUT2D eigenvalue weighted by Gasteiger charge is -2.08. The maximum atomic E-state index is 12.6. The van der Waals surface area contributed by atoms with Crippen LogP contribution in [0, 0.1) is 6.92 Å². The average molecular weight is 408 g/mol. The van der Waals surface area contributed by atoms with Crippen molar-refractivity contribution in [3.05, 3.63) is 125 Å². The summed E-state index contributed by atoms with van der Waals surface area (Å²) in [7, 11) is 1.60. The minimum absolute atomic E-state index is 0.0327. The molecule has 154 valence electrons. The fourth-order valence-corrected chi connectivity index (χ4v) is 3.34. The van der Waals surface area contributed by atoms with Crippen molar-refractivity contribution in [3.8, 4) is 17.2 Å². The second-order valence-electron chi connectivity index (χ2n) is 7.49. The van der Waals surface area contributed by atoms with E-state index < -0.39 is 0 Å². The molecular weight excluding hydrogens is 384 g/mol. The highest BCUT2D eigenvalue weighted by atomic mass is 16.5. The maximum Gasteiger partial charge on any atom is 0.193 e. The minimum Gasteiger partial charge on any atom is -0.497 e. The van der Waals surface area contributed by atoms with Crippen molar-refractivity contribution in [2.24, 2.45) is 0 Å². The average Bonchev–Trinajstić information content (AvgIpc) is 2.82. The van der Waals surface area contributed by atoms with E-state index in [9.17, 15) is 4.79 Å². The highest BCUT2D eigenvalue weighted by Gasteiger charge is 2.09. The third-order valence-electron chi connectivity index (χ3n) is 5.16. The summed E-state index contributed by atoms with van der Waals surface area (Å²) in [6.07, 6.45) is 0.892. The predicted octanol–water partition coefficient (Wildman–Crippen LogP) is 6.62. The predicted molar refractivity (Wildman–Crippen MR) is 123 cm³/mol. The summed E-state index contributed by atoms with van der Waals surface area (Å²) in [4.78, 5) is 12.6. The standard InChI is InChI=1S/C28H24O3/c1-20-3-5-21(6-4-20)19-22-7-13-26(14-8-22)31-27-17-11-24(12-18-27)28(29)23-9-15-25(30-2)16-10-23/h3-18H,19H2,1-2H3. The number of methoxy groups -OCH3 is 1. The molecule has 4 aromatic carbocycles. The first-order valence-electron chi connectivity index (χ1n) is 10.2. The lowest BCUT2D eigenvalue weighted by atomic mass is 10.0. The van der Waals surface area contributed by atoms with Crippen molar-refractivity contribution in [1.82, 2.24) is 0 Å². The number of rotatable bonds is 7. The van der Waals surface area contributed by atoms with Gasteiger partial charge in [0.05, 0.1) is 7.11 Å². The van der Waals surface area contributed by atoms with Crippen LogP contribution in [0.1, 0.15) is 32.6 Å². The van der Waals surface area contributed by atoms with E-state index in [1.807, 2.05) is 24.3 Å². The van der Waals surface area contributed by atoms with Crippen LogP contribution in [0.25, 0.3) is 0 Å². The molecule has 4 aromatic rings. The molecule has 3 nitrogen and oxygen atoms in total. The molecular formula is C28H24O3. The lowest BCUT2D eigenvalue weighted by molar-refractivity contribution is 0.103. The second-order valence-corrected chi connectivity index (χ2v) is 7.49. The highest BCUT2D eigenvalue weighted by molar-refractivity contribution is 6.09. The first-order valence-corrected chi connectivity index (χ1v) is 10.2. The van der Waals surface area contributed by atoms with Crippen molar-refractivity contribution < 1.29 is 14.3 Å². The van der Waals surface area contributed by atoms with E-state index in [1.54, 1.807) is 43.5 Å². The number of ketones is 1. The molecule has 3 heteroatoms. The van der Waals surface area contributed by atoms with Gasteiger partial charge in [-0.15, -0.1) is 0 Å². The molecule has 4 rings (SSSR count). The molecule has 0 N–H and O–H groups in total. The molecule has 0 bridgehead atoms. The summed E-state index contributed by atoms with van der Waals surface area (Å²) in [5, 5.41) is 0. The molecule has 0 saturated carbocycles. The van der Waals surface area contributed by atoms with Gasteiger partial charge in [0.15, 0.2) is 5.78 Å². The third kappa shape index (κ3) is 5.20. The Morgan fingerprint density at radius 3 is 1.52 bits per heavy atom. The third-order valence-corrected chi connectivity index (χ3v) is 5.16. The van der Waals surface area contributed by atoms with Gasteiger partial charge in [-0.25, -0.2) is 0 Å². The molecule has 0 radical (unpaired) electrons. The number of hydrogen-bond acceptors (Lipinski definition) is 3. The van der Waals surface area contributed by atoms with Gasteiger partial charge < -0.3 is 9.47 Å². The Hall–Kier alpha value is -3.85. The van der Waals surface area contributed by atoms with Crippen molar-refractivity contribution in [1.29, 1.82) is 0 Å². The van der Waals surface area contributed by atoms with E-state index in [-0.39, 0.29) is 5.78 Å². The molecule has 0 spiro atoms. The maximum absolute atomic E-state index is 12.6. The minimum atomic E-state index is -0.0327. The smallest absolute Gasteiger partial charge is 0.193 e. The normalized spacial score (nSPS) is 10.5. The zero-order valence-electron chi connectivity index (χ0n) is 17.7. The lowest BCUT2D eigenvalue weighted by Crippen LogP contribution is -2.01. The van der Waals surface area contributed by atoms with Gasteiger partial charge in [0, 0.05) is 11.1 Å². The van der Waals surface area contributed by atoms with Gasteiger partial charge in [0.2, 0.25) is 0 Å². The largest absolute Gasteiger partial charge is 0.497 e. The first-order chi connectivity index (χ1) is 15.1. The van der Waals surface area contributed by atoms with Crippen LogP contribution < -0.4 is 9.47 Å². The molecule has 0 fully saturated rings. The van der Waals surface area contributed by atoms with E-state index in [4.69, 9.17) is 9.47 Å². The summed E-state index contributed by atoms with van der Waals surface area (Å²) in [6.45, 7) is 2.09. The molecule has 0 atom stereocenters. The number of carbonyl (C=O) groups is 1. The van der Waals surface area contributed by atoms with Gasteiger partial charge in [-0.3, -0.25) is 4.79 Å². The van der Waals surface area contributed by atoms with E-state index in [0.717, 1.165) is 17.9 Å². The fourth-order valence-electron chi connectivity index (χ4n) is 3.34. The SMILES string of the molecule is COc1ccc(C(=O)c2ccc(Oc3ccc(Cc4ccc(C)cc4)cc3)cc2)cc1. The zero-order valence-corrected chi connectivity index (χ0v) is 17.7. The van der Waals surface area contributed by atoms with Gasteiger partial charge in [-0.1, -0.05) is 42.0 Å². The molecule has 0 aliphatic heterocycles. The van der Waals surface area contributed by atoms with Crippen LogP contribution >= 0.6 is 0 Å². The Balaban J connectivity index is 1.39. The van der Waals surface area contributed by atoms with Crippen LogP contribution in [0.3, 0.4) is 0 Å². The quantitative estimate of drug-likeness (QED) is 0.323. The van der Waals surface area contributed by atoms with Crippen LogP contribution in [-0.4, -0.2) is 12.9 Å². The van der Waals surface area contributed by atoms with Gasteiger partial charge in [-0.2, -0.15) is 0 Å². The molecule has 0 aliphatic carbocycles. The number of ether oxygens (including phenoxy) is 2. The van der Waals surface area contributed by atoms with Crippen LogP contribution in [-0.2, 0) is 6.42 Å². The molecule has 0 amide bonds. The summed E-state index contributed by atoms with van der Waals surface area (Å²) in [5.41, 5.74) is 5.03. The van der Waals surface area contributed by atoms with Gasteiger partial charge >= 0.3 is 0 Å². The summed E-state index contributed by atoms with van der Waals surface area (Å²) < 4.78 is 11.1. The van der Waals surface area contributed by atoms with Crippen LogP contribution in [0.4, 0.5) is 0 Å². The van der Waals surface area contributed by atoms with Crippen LogP contribution in [0.5, 0.6) is 17.2 Å². The molecule has 0 saturated heterocycles.